The molecule has 0 aliphatic carbocycles. The van der Waals surface area contributed by atoms with Gasteiger partial charge in [0.25, 0.3) is 11.8 Å². The van der Waals surface area contributed by atoms with Crippen LogP contribution in [0, 0.1) is 6.92 Å². The molecule has 1 aliphatic rings. The van der Waals surface area contributed by atoms with E-state index in [1.165, 1.54) is 22.2 Å². The zero-order chi connectivity index (χ0) is 20.7. The van der Waals surface area contributed by atoms with Crippen molar-refractivity contribution in [2.24, 2.45) is 0 Å². The highest BCUT2D eigenvalue weighted by molar-refractivity contribution is 7.99. The molecule has 30 heavy (non-hydrogen) atoms. The molecular weight excluding hydrogens is 398 g/mol. The number of carbonyl (C=O) groups is 2. The van der Waals surface area contributed by atoms with Crippen LogP contribution in [0.2, 0.25) is 0 Å². The molecule has 4 aromatic rings. The third-order valence-electron chi connectivity index (χ3n) is 5.01. The number of fused-ring (bicyclic) bond motifs is 2. The molecule has 0 spiro atoms. The van der Waals surface area contributed by atoms with Gasteiger partial charge in [0.15, 0.2) is 5.65 Å². The number of hydrogen-bond acceptors (Lipinski definition) is 6. The van der Waals surface area contributed by atoms with Crippen LogP contribution in [-0.2, 0) is 0 Å². The number of hydrogen-bond donors (Lipinski definition) is 0. The number of aryl methyl sites for hydroxylation is 1. The minimum Gasteiger partial charge on any atom is -0.273 e. The van der Waals surface area contributed by atoms with E-state index in [0.29, 0.717) is 34.2 Å². The second-order valence-corrected chi connectivity index (χ2v) is 8.06. The van der Waals surface area contributed by atoms with E-state index < -0.39 is 0 Å². The molecule has 2 aromatic heterocycles. The van der Waals surface area contributed by atoms with Gasteiger partial charge in [0.05, 0.1) is 16.8 Å². The van der Waals surface area contributed by atoms with Crippen LogP contribution in [0.5, 0.6) is 0 Å². The molecule has 3 heterocycles. The van der Waals surface area contributed by atoms with Crippen molar-refractivity contribution in [1.82, 2.24) is 24.7 Å². The number of aromatic nitrogens is 4. The van der Waals surface area contributed by atoms with Crippen LogP contribution >= 0.6 is 11.8 Å². The summed E-state index contributed by atoms with van der Waals surface area (Å²) in [6.07, 6.45) is 0. The van der Waals surface area contributed by atoms with Gasteiger partial charge in [-0.1, -0.05) is 53.7 Å². The summed E-state index contributed by atoms with van der Waals surface area (Å²) < 4.78 is 1.70. The molecule has 2 amide bonds. The summed E-state index contributed by atoms with van der Waals surface area (Å²) in [6.45, 7) is 2.34. The van der Waals surface area contributed by atoms with Crippen molar-refractivity contribution in [3.05, 3.63) is 77.4 Å². The normalized spacial score (nSPS) is 13.3. The molecule has 0 radical (unpaired) electrons. The van der Waals surface area contributed by atoms with E-state index in [4.69, 9.17) is 0 Å². The maximum atomic E-state index is 12.5. The number of rotatable bonds is 5. The van der Waals surface area contributed by atoms with Crippen molar-refractivity contribution in [1.29, 1.82) is 0 Å². The lowest BCUT2D eigenvalue weighted by Gasteiger charge is -2.12. The first-order valence-electron chi connectivity index (χ1n) is 9.49. The summed E-state index contributed by atoms with van der Waals surface area (Å²) in [7, 11) is 0. The molecule has 2 aromatic carbocycles. The second-order valence-electron chi connectivity index (χ2n) is 6.99. The average molecular weight is 415 g/mol. The fourth-order valence-corrected chi connectivity index (χ4v) is 4.22. The van der Waals surface area contributed by atoms with Crippen molar-refractivity contribution in [2.75, 3.05) is 12.3 Å². The predicted octanol–water partition coefficient (Wildman–Crippen LogP) is 3.49. The van der Waals surface area contributed by atoms with Gasteiger partial charge < -0.3 is 0 Å². The van der Waals surface area contributed by atoms with Gasteiger partial charge >= 0.3 is 0 Å². The summed E-state index contributed by atoms with van der Waals surface area (Å²) in [5, 5.41) is 13.7. The van der Waals surface area contributed by atoms with Crippen molar-refractivity contribution in [3.8, 4) is 11.3 Å². The monoisotopic (exact) mass is 415 g/mol. The standard InChI is InChI=1S/C22H17N5O2S/c1-14-6-8-15(9-7-14)18-10-11-19-23-24-22(27(19)25-18)30-13-12-26-20(28)16-4-2-3-5-17(16)21(26)29/h2-11H,12-13H2,1H3. The lowest BCUT2D eigenvalue weighted by molar-refractivity contribution is 0.0664. The number of nitrogens with zero attached hydrogens (tertiary/aromatic N) is 5. The molecule has 0 saturated heterocycles. The summed E-state index contributed by atoms with van der Waals surface area (Å²) in [4.78, 5) is 26.3. The lowest BCUT2D eigenvalue weighted by atomic mass is 10.1. The van der Waals surface area contributed by atoms with E-state index in [1.54, 1.807) is 28.8 Å². The number of amides is 2. The SMILES string of the molecule is Cc1ccc(-c2ccc3nnc(SCCN4C(=O)c5ccccc5C4=O)n3n2)cc1. The van der Waals surface area contributed by atoms with E-state index in [-0.39, 0.29) is 11.8 Å². The third kappa shape index (κ3) is 3.15. The van der Waals surface area contributed by atoms with Crippen LogP contribution in [-0.4, -0.2) is 48.8 Å². The Balaban J connectivity index is 1.33. The third-order valence-corrected chi connectivity index (χ3v) is 5.91. The van der Waals surface area contributed by atoms with Crippen LogP contribution in [0.25, 0.3) is 16.9 Å². The van der Waals surface area contributed by atoms with Crippen molar-refractivity contribution in [3.63, 3.8) is 0 Å². The second kappa shape index (κ2) is 7.38. The van der Waals surface area contributed by atoms with Gasteiger partial charge in [0, 0.05) is 17.9 Å². The van der Waals surface area contributed by atoms with Crippen LogP contribution < -0.4 is 0 Å². The molecule has 8 heteroatoms. The molecule has 0 unspecified atom stereocenters. The first-order chi connectivity index (χ1) is 14.6. The Kier molecular flexibility index (Phi) is 4.55. The predicted molar refractivity (Wildman–Crippen MR) is 113 cm³/mol. The first kappa shape index (κ1) is 18.5. The number of imide groups is 1. The van der Waals surface area contributed by atoms with Crippen LogP contribution in [0.1, 0.15) is 26.3 Å². The first-order valence-corrected chi connectivity index (χ1v) is 10.5. The highest BCUT2D eigenvalue weighted by Gasteiger charge is 2.34. The minimum atomic E-state index is -0.248. The van der Waals surface area contributed by atoms with Gasteiger partial charge in [0.1, 0.15) is 0 Å². The summed E-state index contributed by atoms with van der Waals surface area (Å²) >= 11 is 1.41. The Bertz CT molecular complexity index is 1250. The number of carbonyl (C=O) groups excluding carboxylic acids is 2. The smallest absolute Gasteiger partial charge is 0.261 e. The zero-order valence-corrected chi connectivity index (χ0v) is 17.0. The Hall–Kier alpha value is -3.52. The van der Waals surface area contributed by atoms with Crippen LogP contribution in [0.4, 0.5) is 0 Å². The van der Waals surface area contributed by atoms with E-state index in [9.17, 15) is 9.59 Å². The summed E-state index contributed by atoms with van der Waals surface area (Å²) in [5.41, 5.74) is 4.60. The summed E-state index contributed by atoms with van der Waals surface area (Å²) in [6, 6.07) is 18.9. The van der Waals surface area contributed by atoms with Gasteiger partial charge in [-0.25, -0.2) is 0 Å². The Morgan fingerprint density at radius 2 is 1.57 bits per heavy atom. The van der Waals surface area contributed by atoms with Crippen molar-refractivity contribution >= 4 is 29.2 Å². The lowest BCUT2D eigenvalue weighted by Crippen LogP contribution is -2.31. The summed E-state index contributed by atoms with van der Waals surface area (Å²) in [5.74, 6) is 0.00654. The molecule has 0 atom stereocenters. The zero-order valence-electron chi connectivity index (χ0n) is 16.1. The maximum Gasteiger partial charge on any atom is 0.261 e. The molecule has 148 valence electrons. The van der Waals surface area contributed by atoms with Gasteiger partial charge in [-0.3, -0.25) is 14.5 Å². The van der Waals surface area contributed by atoms with Gasteiger partial charge in [0.2, 0.25) is 5.16 Å². The molecule has 0 fully saturated rings. The fourth-order valence-electron chi connectivity index (χ4n) is 3.41. The largest absolute Gasteiger partial charge is 0.273 e. The maximum absolute atomic E-state index is 12.5. The van der Waals surface area contributed by atoms with E-state index in [2.05, 4.69) is 15.3 Å². The van der Waals surface area contributed by atoms with Crippen molar-refractivity contribution in [2.45, 2.75) is 12.1 Å². The Morgan fingerprint density at radius 1 is 0.867 bits per heavy atom. The number of benzene rings is 2. The molecule has 0 bridgehead atoms. The van der Waals surface area contributed by atoms with Gasteiger partial charge in [-0.05, 0) is 31.2 Å². The fraction of sp³-hybridized carbons (Fsp3) is 0.136. The molecule has 1 aliphatic heterocycles. The van der Waals surface area contributed by atoms with E-state index >= 15 is 0 Å². The average Bonchev–Trinajstić information content (AvgIpc) is 3.28. The van der Waals surface area contributed by atoms with Crippen LogP contribution in [0.3, 0.4) is 0 Å². The highest BCUT2D eigenvalue weighted by atomic mass is 32.2. The molecule has 7 nitrogen and oxygen atoms in total. The highest BCUT2D eigenvalue weighted by Crippen LogP contribution is 2.24. The molecule has 5 rings (SSSR count). The van der Waals surface area contributed by atoms with E-state index in [1.807, 2.05) is 43.3 Å². The molecule has 0 N–H and O–H groups in total. The van der Waals surface area contributed by atoms with Crippen LogP contribution in [0.15, 0.2) is 65.8 Å². The van der Waals surface area contributed by atoms with Gasteiger partial charge in [-0.2, -0.15) is 9.61 Å². The van der Waals surface area contributed by atoms with E-state index in [0.717, 1.165) is 11.3 Å². The Morgan fingerprint density at radius 3 is 2.27 bits per heavy atom. The number of thioether (sulfide) groups is 1. The minimum absolute atomic E-state index is 0.248. The topological polar surface area (TPSA) is 80.5 Å². The quantitative estimate of drug-likeness (QED) is 0.367. The molecular formula is C22H17N5O2S. The molecule has 0 saturated carbocycles. The Labute approximate surface area is 176 Å². The van der Waals surface area contributed by atoms with Crippen molar-refractivity contribution < 1.29 is 9.59 Å². The van der Waals surface area contributed by atoms with Gasteiger partial charge in [-0.15, -0.1) is 10.2 Å².